The van der Waals surface area contributed by atoms with Crippen LogP contribution in [0.5, 0.6) is 11.5 Å². The van der Waals surface area contributed by atoms with Gasteiger partial charge in [0.1, 0.15) is 0 Å². The van der Waals surface area contributed by atoms with E-state index in [1.54, 1.807) is 6.92 Å². The fraction of sp³-hybridized carbons (Fsp3) is 0.455. The number of alkyl halides is 2. The Morgan fingerprint density at radius 3 is 2.59 bits per heavy atom. The van der Waals surface area contributed by atoms with Gasteiger partial charge >= 0.3 is 6.61 Å². The molecule has 1 atom stereocenters. The average Bonchev–Trinajstić information content (AvgIpc) is 2.30. The average molecular weight is 247 g/mol. The van der Waals surface area contributed by atoms with Gasteiger partial charge in [0.25, 0.3) is 0 Å². The van der Waals surface area contributed by atoms with Crippen molar-refractivity contribution in [2.75, 3.05) is 13.2 Å². The molecular weight excluding hydrogens is 232 g/mol. The number of aliphatic hydroxyl groups is 1. The molecule has 0 fully saturated rings. The van der Waals surface area contributed by atoms with E-state index < -0.39 is 12.7 Å². The number of ether oxygens (including phenoxy) is 2. The summed E-state index contributed by atoms with van der Waals surface area (Å²) in [6.07, 6.45) is 0. The lowest BCUT2D eigenvalue weighted by molar-refractivity contribution is -0.0514. The largest absolute Gasteiger partial charge is 0.490 e. The van der Waals surface area contributed by atoms with E-state index in [1.807, 2.05) is 0 Å². The van der Waals surface area contributed by atoms with Crippen molar-refractivity contribution in [1.82, 2.24) is 0 Å². The maximum atomic E-state index is 12.1. The van der Waals surface area contributed by atoms with Crippen molar-refractivity contribution in [3.05, 3.63) is 23.8 Å². The van der Waals surface area contributed by atoms with E-state index in [0.717, 1.165) is 0 Å². The molecule has 0 aromatic heterocycles. The molecule has 96 valence electrons. The summed E-state index contributed by atoms with van der Waals surface area (Å²) in [4.78, 5) is 0. The van der Waals surface area contributed by atoms with Gasteiger partial charge in [-0.2, -0.15) is 8.78 Å². The zero-order valence-corrected chi connectivity index (χ0v) is 9.40. The van der Waals surface area contributed by atoms with E-state index in [2.05, 4.69) is 4.74 Å². The van der Waals surface area contributed by atoms with Crippen molar-refractivity contribution in [2.45, 2.75) is 19.6 Å². The number of hydrogen-bond acceptors (Lipinski definition) is 4. The quantitative estimate of drug-likeness (QED) is 0.802. The lowest BCUT2D eigenvalue weighted by Crippen LogP contribution is -2.15. The van der Waals surface area contributed by atoms with Crippen LogP contribution in [0.4, 0.5) is 8.78 Å². The number of aliphatic hydroxyl groups excluding tert-OH is 1. The second kappa shape index (κ2) is 6.36. The summed E-state index contributed by atoms with van der Waals surface area (Å²) in [5.41, 5.74) is 6.21. The minimum Gasteiger partial charge on any atom is -0.490 e. The smallest absolute Gasteiger partial charge is 0.387 e. The fourth-order valence-electron chi connectivity index (χ4n) is 1.32. The van der Waals surface area contributed by atoms with E-state index in [0.29, 0.717) is 12.2 Å². The second-order valence-corrected chi connectivity index (χ2v) is 3.31. The maximum absolute atomic E-state index is 12.1. The highest BCUT2D eigenvalue weighted by atomic mass is 19.3. The first kappa shape index (κ1) is 13.7. The molecule has 3 N–H and O–H groups in total. The normalized spacial score (nSPS) is 12.6. The summed E-state index contributed by atoms with van der Waals surface area (Å²) in [5.74, 6) is 0.143. The van der Waals surface area contributed by atoms with E-state index in [-0.39, 0.29) is 18.1 Å². The number of rotatable bonds is 6. The molecule has 1 aromatic rings. The van der Waals surface area contributed by atoms with Crippen LogP contribution >= 0.6 is 0 Å². The van der Waals surface area contributed by atoms with Crippen molar-refractivity contribution in [3.8, 4) is 11.5 Å². The summed E-state index contributed by atoms with van der Waals surface area (Å²) in [5, 5.41) is 8.91. The second-order valence-electron chi connectivity index (χ2n) is 3.31. The zero-order chi connectivity index (χ0) is 12.8. The number of nitrogens with two attached hydrogens (primary N) is 1. The molecule has 0 aliphatic rings. The van der Waals surface area contributed by atoms with Crippen LogP contribution < -0.4 is 15.2 Å². The van der Waals surface area contributed by atoms with Gasteiger partial charge in [-0.3, -0.25) is 0 Å². The molecule has 0 radical (unpaired) electrons. The van der Waals surface area contributed by atoms with Crippen LogP contribution in [0.3, 0.4) is 0 Å². The van der Waals surface area contributed by atoms with Gasteiger partial charge in [0, 0.05) is 0 Å². The molecule has 0 bridgehead atoms. The van der Waals surface area contributed by atoms with Gasteiger partial charge < -0.3 is 20.3 Å². The Morgan fingerprint density at radius 1 is 1.35 bits per heavy atom. The third-order valence-electron chi connectivity index (χ3n) is 2.11. The summed E-state index contributed by atoms with van der Waals surface area (Å²) in [7, 11) is 0. The summed E-state index contributed by atoms with van der Waals surface area (Å²) in [6.45, 7) is -1.10. The molecule has 0 amide bonds. The van der Waals surface area contributed by atoms with E-state index in [4.69, 9.17) is 15.6 Å². The molecule has 0 saturated carbocycles. The van der Waals surface area contributed by atoms with Crippen molar-refractivity contribution < 1.29 is 23.4 Å². The fourth-order valence-corrected chi connectivity index (χ4v) is 1.32. The van der Waals surface area contributed by atoms with Crippen molar-refractivity contribution in [1.29, 1.82) is 0 Å². The third kappa shape index (κ3) is 3.83. The SMILES string of the molecule is CCOc1cc(C(N)CO)ccc1OC(F)F. The minimum absolute atomic E-state index is 0.0456. The predicted octanol–water partition coefficient (Wildman–Crippen LogP) is 1.68. The zero-order valence-electron chi connectivity index (χ0n) is 9.40. The van der Waals surface area contributed by atoms with Crippen molar-refractivity contribution in [2.24, 2.45) is 5.73 Å². The highest BCUT2D eigenvalue weighted by Gasteiger charge is 2.13. The Morgan fingerprint density at radius 2 is 2.06 bits per heavy atom. The van der Waals surface area contributed by atoms with Gasteiger partial charge in [-0.05, 0) is 24.6 Å². The molecule has 0 aliphatic heterocycles. The topological polar surface area (TPSA) is 64.7 Å². The standard InChI is InChI=1S/C11H15F2NO3/c1-2-16-10-5-7(8(14)6-15)3-4-9(10)17-11(12)13/h3-5,8,11,15H,2,6,14H2,1H3. The first-order valence-corrected chi connectivity index (χ1v) is 5.16. The summed E-state index contributed by atoms with van der Waals surface area (Å²) >= 11 is 0. The molecule has 1 unspecified atom stereocenters. The minimum atomic E-state index is -2.91. The Balaban J connectivity index is 2.98. The Hall–Kier alpha value is -1.40. The van der Waals surface area contributed by atoms with Gasteiger partial charge in [-0.15, -0.1) is 0 Å². The highest BCUT2D eigenvalue weighted by molar-refractivity contribution is 5.43. The predicted molar refractivity (Wildman–Crippen MR) is 58.3 cm³/mol. The highest BCUT2D eigenvalue weighted by Crippen LogP contribution is 2.31. The lowest BCUT2D eigenvalue weighted by atomic mass is 10.1. The van der Waals surface area contributed by atoms with Crippen LogP contribution in [0.2, 0.25) is 0 Å². The Bertz CT molecular complexity index is 361. The van der Waals surface area contributed by atoms with Crippen LogP contribution in [-0.2, 0) is 0 Å². The van der Waals surface area contributed by atoms with Gasteiger partial charge in [0.2, 0.25) is 0 Å². The van der Waals surface area contributed by atoms with Gasteiger partial charge in [0.15, 0.2) is 11.5 Å². The third-order valence-corrected chi connectivity index (χ3v) is 2.11. The molecule has 0 saturated heterocycles. The van der Waals surface area contributed by atoms with Crippen LogP contribution in [0, 0.1) is 0 Å². The first-order chi connectivity index (χ1) is 8.08. The van der Waals surface area contributed by atoms with Crippen molar-refractivity contribution >= 4 is 0 Å². The summed E-state index contributed by atoms with van der Waals surface area (Å²) < 4.78 is 33.7. The molecule has 4 nitrogen and oxygen atoms in total. The monoisotopic (exact) mass is 247 g/mol. The van der Waals surface area contributed by atoms with E-state index >= 15 is 0 Å². The van der Waals surface area contributed by atoms with Crippen molar-refractivity contribution in [3.63, 3.8) is 0 Å². The molecule has 1 aromatic carbocycles. The van der Waals surface area contributed by atoms with Gasteiger partial charge in [-0.1, -0.05) is 6.07 Å². The van der Waals surface area contributed by atoms with Gasteiger partial charge in [-0.25, -0.2) is 0 Å². The molecule has 0 aliphatic carbocycles. The van der Waals surface area contributed by atoms with Crippen LogP contribution in [-0.4, -0.2) is 24.9 Å². The van der Waals surface area contributed by atoms with E-state index in [1.165, 1.54) is 18.2 Å². The number of halogens is 2. The molecular formula is C11H15F2NO3. The van der Waals surface area contributed by atoms with Crippen LogP contribution in [0.25, 0.3) is 0 Å². The van der Waals surface area contributed by atoms with Gasteiger partial charge in [0.05, 0.1) is 19.3 Å². The lowest BCUT2D eigenvalue weighted by Gasteiger charge is -2.14. The van der Waals surface area contributed by atoms with E-state index in [9.17, 15) is 8.78 Å². The summed E-state index contributed by atoms with van der Waals surface area (Å²) in [6, 6.07) is 3.78. The Kier molecular flexibility index (Phi) is 5.11. The molecule has 0 heterocycles. The molecule has 6 heteroatoms. The number of hydrogen-bond donors (Lipinski definition) is 2. The molecule has 1 rings (SSSR count). The first-order valence-electron chi connectivity index (χ1n) is 5.16. The number of benzene rings is 1. The molecule has 17 heavy (non-hydrogen) atoms. The Labute approximate surface area is 97.9 Å². The van der Waals surface area contributed by atoms with Crippen LogP contribution in [0.15, 0.2) is 18.2 Å². The van der Waals surface area contributed by atoms with Crippen LogP contribution in [0.1, 0.15) is 18.5 Å². The molecule has 0 spiro atoms. The maximum Gasteiger partial charge on any atom is 0.387 e.